The number of hydrogen-bond donors (Lipinski definition) is 2. The lowest BCUT2D eigenvalue weighted by molar-refractivity contribution is -0.126. The van der Waals surface area contributed by atoms with E-state index in [4.69, 9.17) is 4.74 Å². The lowest BCUT2D eigenvalue weighted by Crippen LogP contribution is -2.34. The molecule has 7 nitrogen and oxygen atoms in total. The van der Waals surface area contributed by atoms with E-state index in [9.17, 15) is 14.4 Å². The van der Waals surface area contributed by atoms with Crippen LogP contribution in [0.2, 0.25) is 0 Å². The Kier molecular flexibility index (Phi) is 12.6. The molecule has 0 heterocycles. The number of rotatable bonds is 14. The fraction of sp³-hybridized carbons (Fsp3) is 0.385. The van der Waals surface area contributed by atoms with E-state index >= 15 is 0 Å². The number of hydrazone groups is 1. The molecule has 0 saturated heterocycles. The van der Waals surface area contributed by atoms with Crippen LogP contribution in [0.1, 0.15) is 74.2 Å². The zero-order valence-corrected chi connectivity index (χ0v) is 21.1. The summed E-state index contributed by atoms with van der Waals surface area (Å²) in [6, 6.07) is 13.7. The van der Waals surface area contributed by atoms with E-state index in [1.807, 2.05) is 6.07 Å². The van der Waals surface area contributed by atoms with Crippen LogP contribution in [0.3, 0.4) is 0 Å². The van der Waals surface area contributed by atoms with Crippen LogP contribution in [0.4, 0.5) is 0 Å². The number of benzene rings is 2. The summed E-state index contributed by atoms with van der Waals surface area (Å²) in [7, 11) is 0. The summed E-state index contributed by atoms with van der Waals surface area (Å²) in [5, 5.41) is 6.50. The van der Waals surface area contributed by atoms with Crippen LogP contribution in [-0.4, -0.2) is 30.5 Å². The Hall–Kier alpha value is -3.00. The van der Waals surface area contributed by atoms with Gasteiger partial charge in [0.2, 0.25) is 5.91 Å². The van der Waals surface area contributed by atoms with Crippen LogP contribution >= 0.6 is 15.9 Å². The van der Waals surface area contributed by atoms with Gasteiger partial charge in [0.15, 0.2) is 0 Å². The molecular formula is C26H32BrN3O4. The maximum absolute atomic E-state index is 12.2. The molecule has 2 N–H and O–H groups in total. The molecule has 8 heteroatoms. The van der Waals surface area contributed by atoms with Gasteiger partial charge in [-0.3, -0.25) is 9.59 Å². The lowest BCUT2D eigenvalue weighted by atomic mass is 10.1. The highest BCUT2D eigenvalue weighted by molar-refractivity contribution is 9.10. The predicted molar refractivity (Wildman–Crippen MR) is 137 cm³/mol. The molecule has 0 atom stereocenters. The zero-order valence-electron chi connectivity index (χ0n) is 19.5. The molecule has 182 valence electrons. The number of carbonyl (C=O) groups excluding carboxylic acids is 3. The fourth-order valence-electron chi connectivity index (χ4n) is 3.14. The summed E-state index contributed by atoms with van der Waals surface area (Å²) >= 11 is 3.33. The van der Waals surface area contributed by atoms with Crippen molar-refractivity contribution in [2.24, 2.45) is 5.10 Å². The zero-order chi connectivity index (χ0) is 24.6. The second kappa shape index (κ2) is 15.8. The normalized spacial score (nSPS) is 10.8. The minimum Gasteiger partial charge on any atom is -0.423 e. The third-order valence-electron chi connectivity index (χ3n) is 5.04. The topological polar surface area (TPSA) is 96.9 Å². The average molecular weight is 530 g/mol. The molecule has 0 spiro atoms. The molecular weight excluding hydrogens is 498 g/mol. The molecule has 2 aromatic carbocycles. The van der Waals surface area contributed by atoms with Crippen molar-refractivity contribution < 1.29 is 19.1 Å². The number of carbonyl (C=O) groups is 3. The number of unbranched alkanes of at least 4 members (excludes halogenated alkanes) is 6. The van der Waals surface area contributed by atoms with E-state index in [2.05, 4.69) is 38.7 Å². The van der Waals surface area contributed by atoms with Crippen LogP contribution in [0.15, 0.2) is 58.1 Å². The summed E-state index contributed by atoms with van der Waals surface area (Å²) in [6.07, 6.45) is 9.90. The van der Waals surface area contributed by atoms with Crippen molar-refractivity contribution >= 4 is 39.9 Å². The Morgan fingerprint density at radius 3 is 2.29 bits per heavy atom. The van der Waals surface area contributed by atoms with E-state index in [1.165, 1.54) is 31.9 Å². The summed E-state index contributed by atoms with van der Waals surface area (Å²) in [5.41, 5.74) is 3.53. The molecule has 0 unspecified atom stereocenters. The maximum atomic E-state index is 12.2. The summed E-state index contributed by atoms with van der Waals surface area (Å²) < 4.78 is 6.03. The van der Waals surface area contributed by atoms with E-state index in [-0.39, 0.29) is 12.5 Å². The van der Waals surface area contributed by atoms with Crippen LogP contribution in [0.5, 0.6) is 5.75 Å². The average Bonchev–Trinajstić information content (AvgIpc) is 2.83. The van der Waals surface area contributed by atoms with Gasteiger partial charge in [-0.15, -0.1) is 0 Å². The van der Waals surface area contributed by atoms with Gasteiger partial charge in [-0.05, 0) is 64.3 Å². The Morgan fingerprint density at radius 2 is 1.59 bits per heavy atom. The molecule has 0 bridgehead atoms. The molecule has 0 radical (unpaired) electrons. The SMILES string of the molecule is CCCCCCCCCC(=O)NCC(=O)N/N=C/c1ccc(OC(=O)c2ccccc2Br)cc1. The summed E-state index contributed by atoms with van der Waals surface area (Å²) in [6.45, 7) is 2.08. The first kappa shape index (κ1) is 27.2. The van der Waals surface area contributed by atoms with Gasteiger partial charge < -0.3 is 10.1 Å². The van der Waals surface area contributed by atoms with Gasteiger partial charge in [-0.25, -0.2) is 10.2 Å². The first-order valence-corrected chi connectivity index (χ1v) is 12.4. The Morgan fingerprint density at radius 1 is 0.912 bits per heavy atom. The molecule has 0 fully saturated rings. The molecule has 2 amide bonds. The van der Waals surface area contributed by atoms with E-state index in [0.29, 0.717) is 27.8 Å². The van der Waals surface area contributed by atoms with Gasteiger partial charge in [-0.2, -0.15) is 5.10 Å². The van der Waals surface area contributed by atoms with Gasteiger partial charge >= 0.3 is 5.97 Å². The minimum atomic E-state index is -0.463. The number of nitrogens with zero attached hydrogens (tertiary/aromatic N) is 1. The summed E-state index contributed by atoms with van der Waals surface area (Å²) in [4.78, 5) is 35.9. The fourth-order valence-corrected chi connectivity index (χ4v) is 3.59. The highest BCUT2D eigenvalue weighted by Gasteiger charge is 2.11. The smallest absolute Gasteiger partial charge is 0.344 e. The molecule has 2 rings (SSSR count). The van der Waals surface area contributed by atoms with E-state index in [0.717, 1.165) is 19.3 Å². The van der Waals surface area contributed by atoms with Crippen LogP contribution < -0.4 is 15.5 Å². The standard InChI is InChI=1S/C26H32BrN3O4/c1-2-3-4-5-6-7-8-13-24(31)28-19-25(32)30-29-18-20-14-16-21(17-15-20)34-26(33)22-11-9-10-12-23(22)27/h9-12,14-18H,2-8,13,19H2,1H3,(H,28,31)(H,30,32)/b29-18+. The van der Waals surface area contributed by atoms with Crippen LogP contribution in [-0.2, 0) is 9.59 Å². The second-order valence-electron chi connectivity index (χ2n) is 7.88. The van der Waals surface area contributed by atoms with Gasteiger partial charge in [0.25, 0.3) is 5.91 Å². The van der Waals surface area contributed by atoms with Crippen molar-refractivity contribution in [1.82, 2.24) is 10.7 Å². The van der Waals surface area contributed by atoms with Gasteiger partial charge in [0, 0.05) is 10.9 Å². The van der Waals surface area contributed by atoms with Crippen molar-refractivity contribution in [3.8, 4) is 5.75 Å². The molecule has 2 aromatic rings. The predicted octanol–water partition coefficient (Wildman–Crippen LogP) is 5.38. The highest BCUT2D eigenvalue weighted by atomic mass is 79.9. The third kappa shape index (κ3) is 10.7. The quantitative estimate of drug-likeness (QED) is 0.113. The van der Waals surface area contributed by atoms with Gasteiger partial charge in [-0.1, -0.05) is 57.6 Å². The van der Waals surface area contributed by atoms with Crippen LogP contribution in [0, 0.1) is 0 Å². The highest BCUT2D eigenvalue weighted by Crippen LogP contribution is 2.19. The number of hydrogen-bond acceptors (Lipinski definition) is 5. The van der Waals surface area contributed by atoms with Crippen molar-refractivity contribution in [3.63, 3.8) is 0 Å². The largest absolute Gasteiger partial charge is 0.423 e. The van der Waals surface area contributed by atoms with Gasteiger partial charge in [0.05, 0.1) is 18.3 Å². The minimum absolute atomic E-state index is 0.114. The maximum Gasteiger partial charge on any atom is 0.344 e. The molecule has 34 heavy (non-hydrogen) atoms. The number of ether oxygens (including phenoxy) is 1. The van der Waals surface area contributed by atoms with Crippen molar-refractivity contribution in [3.05, 3.63) is 64.1 Å². The molecule has 0 aliphatic carbocycles. The van der Waals surface area contributed by atoms with E-state index in [1.54, 1.807) is 42.5 Å². The number of esters is 1. The summed E-state index contributed by atoms with van der Waals surface area (Å²) in [5.74, 6) is -0.593. The first-order chi connectivity index (χ1) is 16.5. The Labute approximate surface area is 209 Å². The monoisotopic (exact) mass is 529 g/mol. The van der Waals surface area contributed by atoms with Gasteiger partial charge in [0.1, 0.15) is 5.75 Å². The Bertz CT molecular complexity index is 961. The van der Waals surface area contributed by atoms with Crippen molar-refractivity contribution in [2.75, 3.05) is 6.54 Å². The van der Waals surface area contributed by atoms with E-state index < -0.39 is 11.9 Å². The molecule has 0 aliphatic rings. The second-order valence-corrected chi connectivity index (χ2v) is 8.73. The number of halogens is 1. The van der Waals surface area contributed by atoms with Crippen molar-refractivity contribution in [1.29, 1.82) is 0 Å². The molecule has 0 aromatic heterocycles. The lowest BCUT2D eigenvalue weighted by Gasteiger charge is -2.06. The van der Waals surface area contributed by atoms with Crippen LogP contribution in [0.25, 0.3) is 0 Å². The van der Waals surface area contributed by atoms with Crippen molar-refractivity contribution in [2.45, 2.75) is 58.3 Å². The molecule has 0 saturated carbocycles. The Balaban J connectivity index is 1.64. The number of amides is 2. The first-order valence-electron chi connectivity index (χ1n) is 11.6. The molecule has 0 aliphatic heterocycles. The third-order valence-corrected chi connectivity index (χ3v) is 5.73. The number of nitrogens with one attached hydrogen (secondary N) is 2.